The van der Waals surface area contributed by atoms with Crippen molar-refractivity contribution >= 4 is 17.5 Å². The highest BCUT2D eigenvalue weighted by Crippen LogP contribution is 2.26. The minimum Gasteiger partial charge on any atom is -0.324 e. The number of benzene rings is 2. The van der Waals surface area contributed by atoms with Crippen LogP contribution in [0.15, 0.2) is 164 Å². The van der Waals surface area contributed by atoms with Crippen LogP contribution in [0.4, 0.5) is 5.69 Å². The van der Waals surface area contributed by atoms with Crippen LogP contribution in [0.3, 0.4) is 0 Å². The number of nitrogens with zero attached hydrogens (tertiary/aromatic N) is 1. The van der Waals surface area contributed by atoms with Gasteiger partial charge in [-0.25, -0.2) is 0 Å². The maximum Gasteiger partial charge on any atom is 0.0455 e. The van der Waals surface area contributed by atoms with Crippen LogP contribution >= 0.6 is 0 Å². The van der Waals surface area contributed by atoms with E-state index in [2.05, 4.69) is 117 Å². The molecule has 0 spiro atoms. The second-order valence-electron chi connectivity index (χ2n) is 9.76. The van der Waals surface area contributed by atoms with E-state index in [-0.39, 0.29) is 0 Å². The van der Waals surface area contributed by atoms with E-state index in [0.29, 0.717) is 0 Å². The van der Waals surface area contributed by atoms with Crippen molar-refractivity contribution in [2.75, 3.05) is 4.90 Å². The standard InChI is InChI=1S/C40H46N2/c1-6-9-13-20-34(4)40-33-39(28-27-35(40)5)42(31-18-10-7-2)32-19-26-37(24-11-8-3)38(29-30-41)25-17-16-23-36-21-14-12-15-22-36/h6,8-9,11-15,17-22,24-33,41H,3-4,7,10,16,23H2,1-2,5H3/b9-6-,20-13-,24-11+,25-17-,31-18-,32-19?,37-26+,38-29+,41-30?. The third-order valence-corrected chi connectivity index (χ3v) is 6.46. The molecular formula is C40H46N2. The highest BCUT2D eigenvalue weighted by atomic mass is 15.1. The van der Waals surface area contributed by atoms with Crippen LogP contribution in [0.2, 0.25) is 0 Å². The van der Waals surface area contributed by atoms with Gasteiger partial charge in [-0.15, -0.1) is 0 Å². The van der Waals surface area contributed by atoms with Gasteiger partial charge in [0.1, 0.15) is 0 Å². The summed E-state index contributed by atoms with van der Waals surface area (Å²) in [6.45, 7) is 14.4. The molecule has 0 saturated heterocycles. The van der Waals surface area contributed by atoms with Crippen molar-refractivity contribution in [3.05, 3.63) is 181 Å². The highest BCUT2D eigenvalue weighted by molar-refractivity contribution is 5.77. The molecule has 1 N–H and O–H groups in total. The normalized spacial score (nSPS) is 13.0. The number of anilines is 1. The van der Waals surface area contributed by atoms with Crippen molar-refractivity contribution in [1.82, 2.24) is 0 Å². The average Bonchev–Trinajstić information content (AvgIpc) is 3.00. The molecule has 0 aliphatic rings. The third kappa shape index (κ3) is 12.2. The zero-order valence-electron chi connectivity index (χ0n) is 25.5. The second kappa shape index (κ2) is 20.2. The number of allylic oxidation sites excluding steroid dienone is 16. The fourth-order valence-corrected chi connectivity index (χ4v) is 4.17. The molecule has 0 radical (unpaired) electrons. The van der Waals surface area contributed by atoms with Crippen LogP contribution in [-0.2, 0) is 6.42 Å². The van der Waals surface area contributed by atoms with E-state index in [1.165, 1.54) is 17.3 Å². The minimum absolute atomic E-state index is 0.925. The van der Waals surface area contributed by atoms with Crippen molar-refractivity contribution < 1.29 is 0 Å². The zero-order chi connectivity index (χ0) is 30.4. The zero-order valence-corrected chi connectivity index (χ0v) is 25.5. The summed E-state index contributed by atoms with van der Waals surface area (Å²) in [5.41, 5.74) is 7.63. The Morgan fingerprint density at radius 3 is 2.36 bits per heavy atom. The van der Waals surface area contributed by atoms with E-state index in [1.54, 1.807) is 6.08 Å². The van der Waals surface area contributed by atoms with Crippen LogP contribution in [0, 0.1) is 12.3 Å². The number of rotatable bonds is 17. The van der Waals surface area contributed by atoms with Gasteiger partial charge in [-0.05, 0) is 90.8 Å². The predicted molar refractivity (Wildman–Crippen MR) is 188 cm³/mol. The van der Waals surface area contributed by atoms with E-state index in [1.807, 2.05) is 55.5 Å². The first-order valence-corrected chi connectivity index (χ1v) is 14.7. The Morgan fingerprint density at radius 1 is 0.857 bits per heavy atom. The van der Waals surface area contributed by atoms with Gasteiger partial charge in [0.15, 0.2) is 0 Å². The molecule has 42 heavy (non-hydrogen) atoms. The second-order valence-corrected chi connectivity index (χ2v) is 9.76. The van der Waals surface area contributed by atoms with Crippen molar-refractivity contribution in [3.63, 3.8) is 0 Å². The van der Waals surface area contributed by atoms with Gasteiger partial charge in [0.2, 0.25) is 0 Å². The molecule has 0 unspecified atom stereocenters. The molecule has 0 atom stereocenters. The molecule has 0 aromatic heterocycles. The lowest BCUT2D eigenvalue weighted by Crippen LogP contribution is -2.07. The van der Waals surface area contributed by atoms with E-state index < -0.39 is 0 Å². The molecule has 2 aromatic rings. The van der Waals surface area contributed by atoms with Gasteiger partial charge in [-0.3, -0.25) is 0 Å². The van der Waals surface area contributed by atoms with Gasteiger partial charge < -0.3 is 10.3 Å². The molecule has 0 heterocycles. The Balaban J connectivity index is 2.38. The topological polar surface area (TPSA) is 27.1 Å². The van der Waals surface area contributed by atoms with Gasteiger partial charge in [0, 0.05) is 24.3 Å². The molecule has 2 heteroatoms. The molecule has 2 nitrogen and oxygen atoms in total. The van der Waals surface area contributed by atoms with Crippen molar-refractivity contribution in [1.29, 1.82) is 5.41 Å². The predicted octanol–water partition coefficient (Wildman–Crippen LogP) is 11.2. The lowest BCUT2D eigenvalue weighted by atomic mass is 10.00. The summed E-state index contributed by atoms with van der Waals surface area (Å²) in [5.74, 6) is 0. The molecule has 0 aliphatic carbocycles. The molecule has 2 rings (SSSR count). The van der Waals surface area contributed by atoms with Crippen molar-refractivity contribution in [2.24, 2.45) is 0 Å². The Kier molecular flexibility index (Phi) is 16.1. The van der Waals surface area contributed by atoms with Gasteiger partial charge in [-0.1, -0.05) is 130 Å². The van der Waals surface area contributed by atoms with Crippen molar-refractivity contribution in [2.45, 2.75) is 46.5 Å². The number of nitrogens with one attached hydrogen (secondary N) is 1. The van der Waals surface area contributed by atoms with Gasteiger partial charge in [-0.2, -0.15) is 0 Å². The number of unbranched alkanes of at least 4 members (excludes halogenated alkanes) is 1. The molecule has 2 aromatic carbocycles. The summed E-state index contributed by atoms with van der Waals surface area (Å²) in [6.07, 6.45) is 35.7. The molecule has 216 valence electrons. The Hall–Kier alpha value is -4.69. The highest BCUT2D eigenvalue weighted by Gasteiger charge is 2.06. The van der Waals surface area contributed by atoms with Gasteiger partial charge in [0.05, 0.1) is 0 Å². The fraction of sp³-hybridized carbons (Fsp3) is 0.175. The average molecular weight is 555 g/mol. The largest absolute Gasteiger partial charge is 0.324 e. The van der Waals surface area contributed by atoms with E-state index in [4.69, 9.17) is 5.41 Å². The molecule has 0 fully saturated rings. The van der Waals surface area contributed by atoms with Crippen LogP contribution < -0.4 is 4.90 Å². The van der Waals surface area contributed by atoms with Crippen LogP contribution in [0.25, 0.3) is 5.57 Å². The fourth-order valence-electron chi connectivity index (χ4n) is 4.17. The molecular weight excluding hydrogens is 508 g/mol. The van der Waals surface area contributed by atoms with E-state index in [9.17, 15) is 0 Å². The Bertz CT molecular complexity index is 1390. The summed E-state index contributed by atoms with van der Waals surface area (Å²) >= 11 is 0. The van der Waals surface area contributed by atoms with Crippen LogP contribution in [0.5, 0.6) is 0 Å². The number of aryl methyl sites for hydroxylation is 2. The molecule has 0 aliphatic heterocycles. The van der Waals surface area contributed by atoms with E-state index in [0.717, 1.165) is 53.7 Å². The SMILES string of the molecule is C=C/C=C/C(=C\C=CN(/C=C\CCC)c1ccc(C)c(C(=C)/C=C\C=C/C)c1)C(/C=C\CCc1ccccc1)=C/C=N. The maximum absolute atomic E-state index is 7.74. The lowest BCUT2D eigenvalue weighted by molar-refractivity contribution is 0.953. The Labute approximate surface area is 254 Å². The summed E-state index contributed by atoms with van der Waals surface area (Å²) in [4.78, 5) is 2.14. The van der Waals surface area contributed by atoms with E-state index >= 15 is 0 Å². The minimum atomic E-state index is 0.925. The number of hydrogen-bond donors (Lipinski definition) is 1. The van der Waals surface area contributed by atoms with Crippen LogP contribution in [0.1, 0.15) is 49.8 Å². The summed E-state index contributed by atoms with van der Waals surface area (Å²) in [7, 11) is 0. The summed E-state index contributed by atoms with van der Waals surface area (Å²) in [5, 5.41) is 7.74. The third-order valence-electron chi connectivity index (χ3n) is 6.46. The summed E-state index contributed by atoms with van der Waals surface area (Å²) < 4.78 is 0. The van der Waals surface area contributed by atoms with Gasteiger partial charge >= 0.3 is 0 Å². The summed E-state index contributed by atoms with van der Waals surface area (Å²) in [6, 6.07) is 17.0. The maximum atomic E-state index is 7.74. The first-order chi connectivity index (χ1) is 20.5. The van der Waals surface area contributed by atoms with Gasteiger partial charge in [0.25, 0.3) is 0 Å². The quantitative estimate of drug-likeness (QED) is 0.153. The molecule has 0 amide bonds. The Morgan fingerprint density at radius 2 is 1.64 bits per heavy atom. The lowest BCUT2D eigenvalue weighted by Gasteiger charge is -2.18. The molecule has 0 saturated carbocycles. The first kappa shape index (κ1) is 33.5. The first-order valence-electron chi connectivity index (χ1n) is 14.7. The monoisotopic (exact) mass is 554 g/mol. The van der Waals surface area contributed by atoms with Crippen LogP contribution in [-0.4, -0.2) is 6.21 Å². The van der Waals surface area contributed by atoms with Crippen molar-refractivity contribution in [3.8, 4) is 0 Å². The molecule has 0 bridgehead atoms. The number of hydrogen-bond acceptors (Lipinski definition) is 2. The smallest absolute Gasteiger partial charge is 0.0455 e.